The first-order valence-corrected chi connectivity index (χ1v) is 34.3. The van der Waals surface area contributed by atoms with Crippen molar-refractivity contribution in [3.8, 4) is 28.7 Å². The molecular weight excluding hydrogens is 1150 g/mol. The number of likely N-dealkylation sites (tertiary alicyclic amines) is 1. The van der Waals surface area contributed by atoms with Crippen LogP contribution in [-0.2, 0) is 70.5 Å². The van der Waals surface area contributed by atoms with E-state index in [1.807, 2.05) is 24.3 Å². The number of benzene rings is 6. The molecule has 0 bridgehead atoms. The fourth-order valence-electron chi connectivity index (χ4n) is 12.2. The van der Waals surface area contributed by atoms with Gasteiger partial charge in [-0.2, -0.15) is 0 Å². The lowest BCUT2D eigenvalue weighted by molar-refractivity contribution is 0.111. The topological polar surface area (TPSA) is 127 Å². The first-order chi connectivity index (χ1) is 42.9. The zero-order chi connectivity index (χ0) is 68.1. The van der Waals surface area contributed by atoms with Crippen molar-refractivity contribution < 1.29 is 34.7 Å². The summed E-state index contributed by atoms with van der Waals surface area (Å²) >= 11 is 1.73. The minimum atomic E-state index is -0.0615. The Kier molecular flexibility index (Phi) is 25.7. The Labute approximate surface area is 558 Å². The highest BCUT2D eigenvalue weighted by Gasteiger charge is 2.27. The van der Waals surface area contributed by atoms with Crippen LogP contribution < -0.4 is 0 Å². The Bertz CT molecular complexity index is 3420. The van der Waals surface area contributed by atoms with Gasteiger partial charge in [-0.3, -0.25) is 4.90 Å². The van der Waals surface area contributed by atoms with E-state index in [1.54, 1.807) is 17.6 Å². The molecule has 2 aliphatic heterocycles. The summed E-state index contributed by atoms with van der Waals surface area (Å²) in [6.07, 6.45) is 10.9. The summed E-state index contributed by atoms with van der Waals surface area (Å²) in [5.74, 6) is 3.16. The Morgan fingerprint density at radius 2 is 0.848 bits per heavy atom. The molecule has 1 unspecified atom stereocenters. The minimum Gasteiger partial charge on any atom is -0.507 e. The van der Waals surface area contributed by atoms with Crippen LogP contribution >= 0.6 is 11.3 Å². The predicted molar refractivity (Wildman–Crippen MR) is 387 cm³/mol. The van der Waals surface area contributed by atoms with Gasteiger partial charge in [-0.15, -0.1) is 11.3 Å². The van der Waals surface area contributed by atoms with Crippen molar-refractivity contribution >= 4 is 11.3 Å². The molecule has 8 aromatic rings. The van der Waals surface area contributed by atoms with Gasteiger partial charge in [0, 0.05) is 48.4 Å². The molecule has 5 N–H and O–H groups in total. The van der Waals surface area contributed by atoms with Gasteiger partial charge in [0.15, 0.2) is 0 Å². The minimum absolute atomic E-state index is 0.00410. The third kappa shape index (κ3) is 21.9. The monoisotopic (exact) mass is 1270 g/mol. The van der Waals surface area contributed by atoms with Gasteiger partial charge in [-0.05, 0) is 187 Å². The third-order valence-electron chi connectivity index (χ3n) is 17.2. The van der Waals surface area contributed by atoms with E-state index in [-0.39, 0.29) is 33.2 Å². The highest BCUT2D eigenvalue weighted by atomic mass is 32.1. The van der Waals surface area contributed by atoms with Gasteiger partial charge in [0.2, 0.25) is 0 Å². The van der Waals surface area contributed by atoms with Crippen molar-refractivity contribution in [3.05, 3.63) is 227 Å². The molecular formula is C83H113NO7S. The standard InChI is InChI=1S/C19H24O.C16H25NO.C16H24O2.C16H20O2.C16H20OS/c1-14-12-16(11-10-15-8-6-5-7-9-15)18(20)17(13-14)19(2,3)4;1-12-9-13(11-17-7-5-6-8-17)15(18)14(10-12)16(2,3)4;3*1-11-8-12(10-13-6-5-7-18-13)15(17)14(9-11)16(2,3)4/h5-9,12-13,20H,10-11H2,1-4H3;9-10,18H,5-8,11H2,1-4H3;8-9,13,17H,5-7,10H2,1-4H3;2*5-9,17H,10H2,1-4H3. The molecule has 0 amide bonds. The number of rotatable bonds is 11. The number of phenolic OH excluding ortho intramolecular Hbond substituents is 5. The molecule has 1 atom stereocenters. The summed E-state index contributed by atoms with van der Waals surface area (Å²) < 4.78 is 11.0. The molecule has 0 radical (unpaired) electrons. The van der Waals surface area contributed by atoms with Crippen LogP contribution in [0.15, 0.2) is 131 Å². The average Bonchev–Trinajstić information content (AvgIpc) is 0.923. The van der Waals surface area contributed by atoms with Crippen molar-refractivity contribution in [1.29, 1.82) is 0 Å². The van der Waals surface area contributed by atoms with E-state index in [2.05, 4.69) is 240 Å². The fraction of sp³-hybridized carbons (Fsp3) is 0.470. The average molecular weight is 1270 g/mol. The van der Waals surface area contributed by atoms with E-state index in [9.17, 15) is 25.5 Å². The van der Waals surface area contributed by atoms with Crippen LogP contribution in [0.2, 0.25) is 0 Å². The summed E-state index contributed by atoms with van der Waals surface area (Å²) in [4.78, 5) is 3.72. The smallest absolute Gasteiger partial charge is 0.123 e. The van der Waals surface area contributed by atoms with Gasteiger partial charge in [-0.1, -0.05) is 229 Å². The molecule has 0 spiro atoms. The molecule has 498 valence electrons. The molecule has 10 rings (SSSR count). The van der Waals surface area contributed by atoms with Crippen molar-refractivity contribution in [2.45, 2.75) is 236 Å². The number of hydrogen-bond donors (Lipinski definition) is 5. The Morgan fingerprint density at radius 1 is 0.435 bits per heavy atom. The van der Waals surface area contributed by atoms with Crippen LogP contribution in [0, 0.1) is 34.6 Å². The maximum Gasteiger partial charge on any atom is 0.123 e. The van der Waals surface area contributed by atoms with Gasteiger partial charge in [-0.25, -0.2) is 0 Å². The van der Waals surface area contributed by atoms with E-state index in [1.165, 1.54) is 51.1 Å². The molecule has 4 heterocycles. The second-order valence-corrected chi connectivity index (χ2v) is 32.2. The van der Waals surface area contributed by atoms with Crippen LogP contribution in [0.3, 0.4) is 0 Å². The maximum absolute atomic E-state index is 10.5. The summed E-state index contributed by atoms with van der Waals surface area (Å²) in [5.41, 5.74) is 17.5. The van der Waals surface area contributed by atoms with Crippen molar-refractivity contribution in [2.24, 2.45) is 0 Å². The molecule has 2 aliphatic rings. The van der Waals surface area contributed by atoms with Gasteiger partial charge in [0.25, 0.3) is 0 Å². The zero-order valence-electron chi connectivity index (χ0n) is 59.8. The first kappa shape index (κ1) is 74.3. The number of nitrogens with zero attached hydrogens (tertiary/aromatic N) is 1. The first-order valence-electron chi connectivity index (χ1n) is 33.5. The Morgan fingerprint density at radius 3 is 1.26 bits per heavy atom. The number of furan rings is 1. The normalized spacial score (nSPS) is 14.5. The number of aromatic hydroxyl groups is 5. The summed E-state index contributed by atoms with van der Waals surface area (Å²) in [6.45, 7) is 46.6. The molecule has 0 saturated carbocycles. The number of phenols is 5. The molecule has 2 fully saturated rings. The third-order valence-corrected chi connectivity index (χ3v) is 18.1. The Balaban J connectivity index is 0.000000183. The van der Waals surface area contributed by atoms with E-state index < -0.39 is 0 Å². The van der Waals surface area contributed by atoms with Crippen LogP contribution in [0.1, 0.15) is 229 Å². The van der Waals surface area contributed by atoms with Crippen LogP contribution in [0.4, 0.5) is 0 Å². The molecule has 2 aromatic heterocycles. The number of aryl methyl sites for hydroxylation is 7. The van der Waals surface area contributed by atoms with E-state index in [0.717, 1.165) is 126 Å². The van der Waals surface area contributed by atoms with Crippen molar-refractivity contribution in [2.75, 3.05) is 19.7 Å². The van der Waals surface area contributed by atoms with Gasteiger partial charge in [0.05, 0.1) is 12.4 Å². The maximum atomic E-state index is 10.5. The molecule has 6 aromatic carbocycles. The fourth-order valence-corrected chi connectivity index (χ4v) is 12.9. The van der Waals surface area contributed by atoms with Crippen LogP contribution in [0.25, 0.3) is 0 Å². The second kappa shape index (κ2) is 31.9. The van der Waals surface area contributed by atoms with Gasteiger partial charge >= 0.3 is 0 Å². The number of ether oxygens (including phenoxy) is 1. The number of hydrogen-bond acceptors (Lipinski definition) is 9. The number of thiophene rings is 1. The predicted octanol–water partition coefficient (Wildman–Crippen LogP) is 20.9. The van der Waals surface area contributed by atoms with E-state index >= 15 is 0 Å². The lowest BCUT2D eigenvalue weighted by atomic mass is 9.83. The summed E-state index contributed by atoms with van der Waals surface area (Å²) in [5, 5.41) is 54.4. The van der Waals surface area contributed by atoms with E-state index in [4.69, 9.17) is 9.15 Å². The molecule has 2 saturated heterocycles. The Hall–Kier alpha value is -6.78. The van der Waals surface area contributed by atoms with Gasteiger partial charge in [0.1, 0.15) is 34.5 Å². The van der Waals surface area contributed by atoms with E-state index in [0.29, 0.717) is 35.2 Å². The molecule has 92 heavy (non-hydrogen) atoms. The highest BCUT2D eigenvalue weighted by Crippen LogP contribution is 2.40. The van der Waals surface area contributed by atoms with Gasteiger partial charge < -0.3 is 34.7 Å². The molecule has 0 aliphatic carbocycles. The molecule has 9 heteroatoms. The van der Waals surface area contributed by atoms with Crippen molar-refractivity contribution in [1.82, 2.24) is 4.90 Å². The quantitative estimate of drug-likeness (QED) is 0.0867. The summed E-state index contributed by atoms with van der Waals surface area (Å²) in [7, 11) is 0. The molecule has 8 nitrogen and oxygen atoms in total. The lowest BCUT2D eigenvalue weighted by Gasteiger charge is -2.24. The lowest BCUT2D eigenvalue weighted by Crippen LogP contribution is -2.20. The van der Waals surface area contributed by atoms with Crippen LogP contribution in [0.5, 0.6) is 28.7 Å². The largest absolute Gasteiger partial charge is 0.507 e. The van der Waals surface area contributed by atoms with Crippen LogP contribution in [-0.4, -0.2) is 56.2 Å². The second-order valence-electron chi connectivity index (χ2n) is 31.2. The SMILES string of the molecule is Cc1cc(CC2CCCO2)c(O)c(C(C)(C)C)c1.Cc1cc(CCc2ccccc2)c(O)c(C(C)(C)C)c1.Cc1cc(CN2CCCC2)c(O)c(C(C)(C)C)c1.Cc1cc(Cc2ccco2)c(O)c(C(C)(C)C)c1.Cc1cc(Cc2cccs2)c(O)c(C(C)(C)C)c1. The summed E-state index contributed by atoms with van der Waals surface area (Å²) in [6, 6.07) is 39.3. The van der Waals surface area contributed by atoms with Crippen molar-refractivity contribution in [3.63, 3.8) is 0 Å². The zero-order valence-corrected chi connectivity index (χ0v) is 60.6. The highest BCUT2D eigenvalue weighted by molar-refractivity contribution is 7.09.